The van der Waals surface area contributed by atoms with Gasteiger partial charge < -0.3 is 14.7 Å². The van der Waals surface area contributed by atoms with E-state index in [2.05, 4.69) is 0 Å². The van der Waals surface area contributed by atoms with Gasteiger partial charge in [0, 0.05) is 13.1 Å². The Labute approximate surface area is 119 Å². The van der Waals surface area contributed by atoms with Crippen molar-refractivity contribution in [3.05, 3.63) is 33.3 Å². The Morgan fingerprint density at radius 1 is 1.60 bits per heavy atom. The zero-order chi connectivity index (χ0) is 14.9. The largest absolute Gasteiger partial charge is 0.480 e. The summed E-state index contributed by atoms with van der Waals surface area (Å²) in [7, 11) is 0. The number of rotatable bonds is 5. The summed E-state index contributed by atoms with van der Waals surface area (Å²) in [6.45, 7) is 2.13. The number of hydrogen-bond donors (Lipinski definition) is 1. The van der Waals surface area contributed by atoms with Gasteiger partial charge in [0.2, 0.25) is 0 Å². The highest BCUT2D eigenvalue weighted by molar-refractivity contribution is 6.33. The van der Waals surface area contributed by atoms with E-state index in [1.807, 2.05) is 0 Å². The number of benzene rings is 1. The van der Waals surface area contributed by atoms with Gasteiger partial charge in [0.25, 0.3) is 0 Å². The number of carboxylic acid groups (broad SMARTS) is 1. The summed E-state index contributed by atoms with van der Waals surface area (Å²) in [6.07, 6.45) is 0. The quantitative estimate of drug-likeness (QED) is 0.659. The minimum Gasteiger partial charge on any atom is -0.480 e. The van der Waals surface area contributed by atoms with Gasteiger partial charge in [-0.3, -0.25) is 10.1 Å². The normalized spacial score (nSPS) is 16.6. The van der Waals surface area contributed by atoms with Gasteiger partial charge in [-0.25, -0.2) is 4.79 Å². The smallest absolute Gasteiger partial charge is 0.329 e. The summed E-state index contributed by atoms with van der Waals surface area (Å²) < 4.78 is 5.27. The molecular formula is C12H13ClN2O5. The molecule has 2 rings (SSSR count). The number of carboxylic acids is 1. The number of aliphatic carboxylic acids is 1. The Hall–Kier alpha value is -1.86. The molecule has 0 radical (unpaired) electrons. The SMILES string of the molecule is CC1(OCC(=O)O)CN(c2cccc(Cl)c2[N+](=O)[O-])C1. The third-order valence-corrected chi connectivity index (χ3v) is 3.39. The minimum atomic E-state index is -1.04. The minimum absolute atomic E-state index is 0.0764. The molecule has 1 aliphatic heterocycles. The monoisotopic (exact) mass is 300 g/mol. The van der Waals surface area contributed by atoms with Crippen LogP contribution in [-0.2, 0) is 9.53 Å². The first-order valence-electron chi connectivity index (χ1n) is 5.86. The third-order valence-electron chi connectivity index (χ3n) is 3.08. The molecule has 0 saturated carbocycles. The van der Waals surface area contributed by atoms with Crippen molar-refractivity contribution in [1.29, 1.82) is 0 Å². The van der Waals surface area contributed by atoms with E-state index in [-0.39, 0.29) is 17.3 Å². The van der Waals surface area contributed by atoms with E-state index in [1.54, 1.807) is 24.0 Å². The number of carbonyl (C=O) groups is 1. The molecule has 20 heavy (non-hydrogen) atoms. The number of halogens is 1. The van der Waals surface area contributed by atoms with Crippen molar-refractivity contribution in [2.45, 2.75) is 12.5 Å². The highest BCUT2D eigenvalue weighted by Gasteiger charge is 2.42. The Bertz CT molecular complexity index is 557. The maximum atomic E-state index is 11.0. The second-order valence-corrected chi connectivity index (χ2v) is 5.26. The molecule has 1 saturated heterocycles. The van der Waals surface area contributed by atoms with Crippen LogP contribution in [0.2, 0.25) is 5.02 Å². The molecule has 0 amide bonds. The van der Waals surface area contributed by atoms with Crippen LogP contribution < -0.4 is 4.90 Å². The predicted octanol–water partition coefficient (Wildman–Crippen LogP) is 1.93. The fourth-order valence-corrected chi connectivity index (χ4v) is 2.44. The molecule has 0 atom stereocenters. The standard InChI is InChI=1S/C12H13ClN2O5/c1-12(20-5-10(16)17)6-14(7-12)9-4-2-3-8(13)11(9)15(18)19/h2-4H,5-7H2,1H3,(H,16,17). The van der Waals surface area contributed by atoms with Crippen molar-refractivity contribution in [3.63, 3.8) is 0 Å². The maximum Gasteiger partial charge on any atom is 0.329 e. The molecular weight excluding hydrogens is 288 g/mol. The molecule has 0 spiro atoms. The molecule has 0 unspecified atom stereocenters. The second-order valence-electron chi connectivity index (χ2n) is 4.85. The molecule has 0 aromatic heterocycles. The molecule has 8 heteroatoms. The third kappa shape index (κ3) is 2.83. The molecule has 7 nitrogen and oxygen atoms in total. The summed E-state index contributed by atoms with van der Waals surface area (Å²) in [5.74, 6) is -1.04. The topological polar surface area (TPSA) is 92.9 Å². The van der Waals surface area contributed by atoms with Crippen LogP contribution in [0.4, 0.5) is 11.4 Å². The molecule has 1 aliphatic rings. The lowest BCUT2D eigenvalue weighted by Crippen LogP contribution is -2.62. The second kappa shape index (κ2) is 5.26. The van der Waals surface area contributed by atoms with Gasteiger partial charge in [-0.2, -0.15) is 0 Å². The van der Waals surface area contributed by atoms with E-state index in [9.17, 15) is 14.9 Å². The van der Waals surface area contributed by atoms with Crippen LogP contribution in [0.5, 0.6) is 0 Å². The molecule has 0 bridgehead atoms. The van der Waals surface area contributed by atoms with Gasteiger partial charge in [0.1, 0.15) is 22.9 Å². The van der Waals surface area contributed by atoms with Crippen molar-refractivity contribution in [2.75, 3.05) is 24.6 Å². The number of ether oxygens (including phenoxy) is 1. The van der Waals surface area contributed by atoms with Crippen LogP contribution in [0.15, 0.2) is 18.2 Å². The number of nitro benzene ring substituents is 1. The van der Waals surface area contributed by atoms with Crippen molar-refractivity contribution >= 4 is 28.9 Å². The first-order chi connectivity index (χ1) is 9.32. The van der Waals surface area contributed by atoms with Gasteiger partial charge in [-0.05, 0) is 19.1 Å². The fraction of sp³-hybridized carbons (Fsp3) is 0.417. The molecule has 1 aromatic rings. The predicted molar refractivity (Wildman–Crippen MR) is 72.3 cm³/mol. The van der Waals surface area contributed by atoms with Gasteiger partial charge in [-0.1, -0.05) is 17.7 Å². The Balaban J connectivity index is 2.11. The summed E-state index contributed by atoms with van der Waals surface area (Å²) in [6, 6.07) is 4.71. The van der Waals surface area contributed by atoms with Crippen molar-refractivity contribution in [3.8, 4) is 0 Å². The zero-order valence-corrected chi connectivity index (χ0v) is 11.5. The fourth-order valence-electron chi connectivity index (χ4n) is 2.20. The first kappa shape index (κ1) is 14.5. The molecule has 108 valence electrons. The van der Waals surface area contributed by atoms with E-state index in [4.69, 9.17) is 21.4 Å². The van der Waals surface area contributed by atoms with Gasteiger partial charge in [0.15, 0.2) is 0 Å². The molecule has 1 heterocycles. The lowest BCUT2D eigenvalue weighted by molar-refractivity contribution is -0.384. The summed E-state index contributed by atoms with van der Waals surface area (Å²) >= 11 is 5.85. The van der Waals surface area contributed by atoms with Crippen LogP contribution in [0.25, 0.3) is 0 Å². The van der Waals surface area contributed by atoms with Gasteiger partial charge in [0.05, 0.1) is 4.92 Å². The van der Waals surface area contributed by atoms with Gasteiger partial charge in [-0.15, -0.1) is 0 Å². The van der Waals surface area contributed by atoms with E-state index < -0.39 is 16.5 Å². The molecule has 1 fully saturated rings. The molecule has 1 aromatic carbocycles. The highest BCUT2D eigenvalue weighted by atomic mass is 35.5. The lowest BCUT2D eigenvalue weighted by Gasteiger charge is -2.48. The average Bonchev–Trinajstić information content (AvgIpc) is 2.32. The van der Waals surface area contributed by atoms with E-state index in [1.165, 1.54) is 6.07 Å². The van der Waals surface area contributed by atoms with Crippen molar-refractivity contribution < 1.29 is 19.6 Å². The summed E-state index contributed by atoms with van der Waals surface area (Å²) in [4.78, 5) is 22.7. The van der Waals surface area contributed by atoms with Crippen LogP contribution in [-0.4, -0.2) is 41.3 Å². The Morgan fingerprint density at radius 3 is 2.80 bits per heavy atom. The van der Waals surface area contributed by atoms with Crippen molar-refractivity contribution in [2.24, 2.45) is 0 Å². The Morgan fingerprint density at radius 2 is 2.25 bits per heavy atom. The average molecular weight is 301 g/mol. The summed E-state index contributed by atoms with van der Waals surface area (Å²) in [5.41, 5.74) is -0.345. The van der Waals surface area contributed by atoms with Gasteiger partial charge >= 0.3 is 11.7 Å². The van der Waals surface area contributed by atoms with E-state index in [0.717, 1.165) is 0 Å². The first-order valence-corrected chi connectivity index (χ1v) is 6.24. The Kier molecular flexibility index (Phi) is 3.82. The summed E-state index contributed by atoms with van der Waals surface area (Å²) in [5, 5.41) is 19.7. The molecule has 0 aliphatic carbocycles. The number of nitro groups is 1. The van der Waals surface area contributed by atoms with Crippen LogP contribution in [0.1, 0.15) is 6.92 Å². The van der Waals surface area contributed by atoms with Crippen LogP contribution in [0.3, 0.4) is 0 Å². The highest BCUT2D eigenvalue weighted by Crippen LogP contribution is 2.39. The van der Waals surface area contributed by atoms with Crippen LogP contribution >= 0.6 is 11.6 Å². The lowest BCUT2D eigenvalue weighted by atomic mass is 9.95. The maximum absolute atomic E-state index is 11.0. The van der Waals surface area contributed by atoms with Crippen LogP contribution in [0, 0.1) is 10.1 Å². The number of hydrogen-bond acceptors (Lipinski definition) is 5. The number of nitrogens with zero attached hydrogens (tertiary/aromatic N) is 2. The van der Waals surface area contributed by atoms with E-state index in [0.29, 0.717) is 18.8 Å². The zero-order valence-electron chi connectivity index (χ0n) is 10.7. The van der Waals surface area contributed by atoms with E-state index >= 15 is 0 Å². The van der Waals surface area contributed by atoms with Crippen molar-refractivity contribution in [1.82, 2.24) is 0 Å². The molecule has 1 N–H and O–H groups in total. The number of para-hydroxylation sites is 1. The number of anilines is 1.